The Morgan fingerprint density at radius 1 is 1.08 bits per heavy atom. The van der Waals surface area contributed by atoms with Gasteiger partial charge in [-0.1, -0.05) is 23.7 Å². The maximum absolute atomic E-state index is 13.2. The van der Waals surface area contributed by atoms with Gasteiger partial charge in [0, 0.05) is 49.0 Å². The number of halogens is 2. The van der Waals surface area contributed by atoms with Gasteiger partial charge in [-0.3, -0.25) is 9.69 Å². The highest BCUT2D eigenvalue weighted by Crippen LogP contribution is 2.34. The first-order chi connectivity index (χ1) is 17.7. The molecule has 0 saturated carbocycles. The number of amides is 1. The molecule has 1 fully saturated rings. The average Bonchev–Trinajstić information content (AvgIpc) is 2.87. The third-order valence-corrected chi connectivity index (χ3v) is 6.43. The molecule has 0 aliphatic carbocycles. The number of carboxylic acids is 1. The summed E-state index contributed by atoms with van der Waals surface area (Å²) in [5, 5.41) is 9.75. The lowest BCUT2D eigenvalue weighted by Crippen LogP contribution is -2.58. The van der Waals surface area contributed by atoms with Crippen LogP contribution in [0.15, 0.2) is 60.8 Å². The second-order valence-corrected chi connectivity index (χ2v) is 9.38. The van der Waals surface area contributed by atoms with Crippen LogP contribution in [0.2, 0.25) is 5.02 Å². The third-order valence-electron chi connectivity index (χ3n) is 6.20. The number of nitrogens with zero attached hydrogens (tertiary/aromatic N) is 3. The Morgan fingerprint density at radius 2 is 1.84 bits per heavy atom. The molecule has 8 nitrogen and oxygen atoms in total. The molecule has 0 unspecified atom stereocenters. The van der Waals surface area contributed by atoms with Crippen molar-refractivity contribution < 1.29 is 28.6 Å². The highest BCUT2D eigenvalue weighted by atomic mass is 35.5. The molecule has 0 radical (unpaired) electrons. The van der Waals surface area contributed by atoms with E-state index in [9.17, 15) is 19.1 Å². The lowest BCUT2D eigenvalue weighted by atomic mass is 10.1. The Balaban J connectivity index is 1.40. The molecular weight excluding hydrogens is 501 g/mol. The van der Waals surface area contributed by atoms with E-state index in [2.05, 4.69) is 16.8 Å². The molecule has 37 heavy (non-hydrogen) atoms. The van der Waals surface area contributed by atoms with Crippen molar-refractivity contribution in [3.8, 4) is 17.4 Å². The predicted molar refractivity (Wildman–Crippen MR) is 136 cm³/mol. The van der Waals surface area contributed by atoms with Crippen molar-refractivity contribution in [1.82, 2.24) is 14.8 Å². The average molecular weight is 528 g/mol. The summed E-state index contributed by atoms with van der Waals surface area (Å²) in [5.41, 5.74) is 0.892. The second kappa shape index (κ2) is 11.6. The molecular formula is C27H27ClFN3O5. The van der Waals surface area contributed by atoms with Crippen molar-refractivity contribution >= 4 is 23.5 Å². The van der Waals surface area contributed by atoms with Crippen LogP contribution in [0.25, 0.3) is 0 Å². The van der Waals surface area contributed by atoms with E-state index in [-0.39, 0.29) is 53.4 Å². The first-order valence-corrected chi connectivity index (χ1v) is 12.2. The number of hydrogen-bond acceptors (Lipinski definition) is 6. The van der Waals surface area contributed by atoms with Gasteiger partial charge in [-0.25, -0.2) is 14.2 Å². The Bertz CT molecular complexity index is 1270. The largest absolute Gasteiger partial charge is 0.480 e. The van der Waals surface area contributed by atoms with Gasteiger partial charge in [0.1, 0.15) is 11.4 Å². The van der Waals surface area contributed by atoms with Gasteiger partial charge in [-0.15, -0.1) is 0 Å². The smallest absolute Gasteiger partial charge is 0.341 e. The summed E-state index contributed by atoms with van der Waals surface area (Å²) >= 11 is 6.11. The highest BCUT2D eigenvalue weighted by Gasteiger charge is 2.32. The van der Waals surface area contributed by atoms with E-state index >= 15 is 0 Å². The number of aromatic nitrogens is 1. The summed E-state index contributed by atoms with van der Waals surface area (Å²) in [7, 11) is 0. The Hall–Kier alpha value is -3.69. The van der Waals surface area contributed by atoms with Crippen LogP contribution in [0.3, 0.4) is 0 Å². The van der Waals surface area contributed by atoms with Gasteiger partial charge in [0.15, 0.2) is 18.1 Å². The summed E-state index contributed by atoms with van der Waals surface area (Å²) in [5.74, 6) is -1.39. The zero-order valence-corrected chi connectivity index (χ0v) is 21.2. The highest BCUT2D eigenvalue weighted by molar-refractivity contribution is 6.30. The minimum atomic E-state index is -1.19. The summed E-state index contributed by atoms with van der Waals surface area (Å²) in [4.78, 5) is 32.6. The van der Waals surface area contributed by atoms with Crippen LogP contribution in [0, 0.1) is 5.82 Å². The minimum Gasteiger partial charge on any atom is -0.480 e. The van der Waals surface area contributed by atoms with Crippen LogP contribution < -0.4 is 9.47 Å². The molecule has 1 aliphatic rings. The van der Waals surface area contributed by atoms with E-state index in [1.807, 2.05) is 6.92 Å². The fourth-order valence-corrected chi connectivity index (χ4v) is 4.39. The third kappa shape index (κ3) is 6.55. The topological polar surface area (TPSA) is 92.2 Å². The van der Waals surface area contributed by atoms with Crippen LogP contribution in [0.4, 0.5) is 4.39 Å². The molecule has 1 amide bonds. The van der Waals surface area contributed by atoms with Crippen molar-refractivity contribution in [2.45, 2.75) is 32.5 Å². The number of rotatable bonds is 8. The first-order valence-electron chi connectivity index (χ1n) is 11.8. The minimum absolute atomic E-state index is 0.0552. The SMILES string of the molecule is C[C@@H]1CN(Cc2ccc(F)cc2)[C@@H](C)CN1C(=O)COc1ccc(Cl)cc1Oc1ncccc1C(=O)O. The monoisotopic (exact) mass is 527 g/mol. The van der Waals surface area contributed by atoms with Gasteiger partial charge in [0.25, 0.3) is 5.91 Å². The molecule has 4 rings (SSSR count). The van der Waals surface area contributed by atoms with E-state index < -0.39 is 5.97 Å². The molecule has 3 aromatic rings. The number of pyridine rings is 1. The maximum Gasteiger partial charge on any atom is 0.341 e. The van der Waals surface area contributed by atoms with Gasteiger partial charge in [0.2, 0.25) is 5.88 Å². The van der Waals surface area contributed by atoms with E-state index in [0.29, 0.717) is 24.7 Å². The van der Waals surface area contributed by atoms with E-state index in [1.165, 1.54) is 36.5 Å². The van der Waals surface area contributed by atoms with E-state index in [1.54, 1.807) is 29.2 Å². The normalized spacial score (nSPS) is 17.9. The molecule has 2 aromatic carbocycles. The van der Waals surface area contributed by atoms with Crippen molar-refractivity contribution in [3.05, 3.63) is 82.8 Å². The maximum atomic E-state index is 13.2. The number of piperazine rings is 1. The van der Waals surface area contributed by atoms with Crippen LogP contribution in [0.1, 0.15) is 29.8 Å². The fraction of sp³-hybridized carbons (Fsp3) is 0.296. The fourth-order valence-electron chi connectivity index (χ4n) is 4.23. The number of carbonyl (C=O) groups is 2. The lowest BCUT2D eigenvalue weighted by Gasteiger charge is -2.44. The molecule has 0 spiro atoms. The quantitative estimate of drug-likeness (QED) is 0.447. The Kier molecular flexibility index (Phi) is 8.25. The lowest BCUT2D eigenvalue weighted by molar-refractivity contribution is -0.139. The standard InChI is InChI=1S/C27H27ClFN3O5/c1-17-14-32(18(2)13-31(17)15-19-5-8-21(29)9-6-19)25(33)16-36-23-10-7-20(28)12-24(23)37-26-22(27(34)35)4-3-11-30-26/h3-12,17-18H,13-16H2,1-2H3,(H,34,35)/t17-,18+/m0/s1. The van der Waals surface area contributed by atoms with E-state index in [4.69, 9.17) is 21.1 Å². The zero-order chi connectivity index (χ0) is 26.5. The summed E-state index contributed by atoms with van der Waals surface area (Å²) in [6, 6.07) is 14.0. The number of benzene rings is 2. The molecule has 2 atom stereocenters. The molecule has 1 saturated heterocycles. The van der Waals surface area contributed by atoms with Crippen molar-refractivity contribution in [3.63, 3.8) is 0 Å². The van der Waals surface area contributed by atoms with Crippen molar-refractivity contribution in [2.75, 3.05) is 19.7 Å². The van der Waals surface area contributed by atoms with Crippen molar-refractivity contribution in [2.24, 2.45) is 0 Å². The summed E-state index contributed by atoms with van der Waals surface area (Å²) in [6.45, 7) is 5.64. The number of hydrogen-bond donors (Lipinski definition) is 1. The number of aromatic carboxylic acids is 1. The predicted octanol–water partition coefficient (Wildman–Crippen LogP) is 4.86. The van der Waals surface area contributed by atoms with Gasteiger partial charge in [0.05, 0.1) is 0 Å². The number of ether oxygens (including phenoxy) is 2. The van der Waals surface area contributed by atoms with E-state index in [0.717, 1.165) is 5.56 Å². The van der Waals surface area contributed by atoms with Gasteiger partial charge >= 0.3 is 5.97 Å². The van der Waals surface area contributed by atoms with Crippen LogP contribution in [0.5, 0.6) is 17.4 Å². The number of carboxylic acid groups (broad SMARTS) is 1. The molecule has 0 bridgehead atoms. The first kappa shape index (κ1) is 26.4. The van der Waals surface area contributed by atoms with Crippen LogP contribution in [-0.2, 0) is 11.3 Å². The van der Waals surface area contributed by atoms with Gasteiger partial charge < -0.3 is 19.5 Å². The second-order valence-electron chi connectivity index (χ2n) is 8.94. The summed E-state index contributed by atoms with van der Waals surface area (Å²) in [6.07, 6.45) is 1.41. The molecule has 2 heterocycles. The zero-order valence-electron chi connectivity index (χ0n) is 20.4. The Morgan fingerprint density at radius 3 is 2.57 bits per heavy atom. The molecule has 10 heteroatoms. The molecule has 1 aromatic heterocycles. The number of carbonyl (C=O) groups excluding carboxylic acids is 1. The molecule has 1 N–H and O–H groups in total. The molecule has 194 valence electrons. The van der Waals surface area contributed by atoms with Crippen LogP contribution >= 0.6 is 11.6 Å². The summed E-state index contributed by atoms with van der Waals surface area (Å²) < 4.78 is 24.8. The Labute approximate surface area is 219 Å². The van der Waals surface area contributed by atoms with Gasteiger partial charge in [-0.05, 0) is 55.8 Å². The van der Waals surface area contributed by atoms with Gasteiger partial charge in [-0.2, -0.15) is 0 Å². The van der Waals surface area contributed by atoms with Crippen LogP contribution in [-0.4, -0.2) is 63.5 Å². The molecule has 1 aliphatic heterocycles. The van der Waals surface area contributed by atoms with Crippen molar-refractivity contribution in [1.29, 1.82) is 0 Å².